The molecule has 29 heavy (non-hydrogen) atoms. The lowest BCUT2D eigenvalue weighted by atomic mass is 10.3. The summed E-state index contributed by atoms with van der Waals surface area (Å²) in [5.74, 6) is -0.860. The van der Waals surface area contributed by atoms with Gasteiger partial charge in [0.2, 0.25) is 5.91 Å². The number of sulfone groups is 1. The summed E-state index contributed by atoms with van der Waals surface area (Å²) in [6, 6.07) is 8.50. The number of hydrogen-bond acceptors (Lipinski definition) is 7. The zero-order chi connectivity index (χ0) is 21.8. The Balaban J connectivity index is 2.08. The van der Waals surface area contributed by atoms with Gasteiger partial charge in [0, 0.05) is 22.9 Å². The highest BCUT2D eigenvalue weighted by atomic mass is 32.2. The smallest absolute Gasteiger partial charge is 0.325 e. The molecule has 0 saturated heterocycles. The van der Waals surface area contributed by atoms with Crippen LogP contribution in [-0.4, -0.2) is 36.8 Å². The molecule has 156 valence electrons. The van der Waals surface area contributed by atoms with Crippen molar-refractivity contribution in [2.75, 3.05) is 17.3 Å². The second-order valence-electron chi connectivity index (χ2n) is 5.57. The quantitative estimate of drug-likeness (QED) is 0.367. The van der Waals surface area contributed by atoms with Crippen LogP contribution in [0.2, 0.25) is 0 Å². The van der Waals surface area contributed by atoms with Crippen LogP contribution in [0.3, 0.4) is 0 Å². The van der Waals surface area contributed by atoms with Gasteiger partial charge in [-0.1, -0.05) is 6.07 Å². The molecule has 0 unspecified atom stereocenters. The lowest BCUT2D eigenvalue weighted by molar-refractivity contribution is -0.388. The maximum absolute atomic E-state index is 12.4. The minimum Gasteiger partial charge on any atom is -0.325 e. The molecule has 7 nitrogen and oxygen atoms in total. The number of alkyl halides is 3. The summed E-state index contributed by atoms with van der Waals surface area (Å²) in [5.41, 5.74) is -4.78. The van der Waals surface area contributed by atoms with E-state index < -0.39 is 31.9 Å². The van der Waals surface area contributed by atoms with Crippen molar-refractivity contribution in [2.45, 2.75) is 20.2 Å². The largest absolute Gasteiger partial charge is 0.446 e. The van der Waals surface area contributed by atoms with Gasteiger partial charge in [-0.25, -0.2) is 8.42 Å². The highest BCUT2D eigenvalue weighted by molar-refractivity contribution is 8.00. The monoisotopic (exact) mass is 466 g/mol. The summed E-state index contributed by atoms with van der Waals surface area (Å²) in [6.45, 7) is 0. The van der Waals surface area contributed by atoms with Gasteiger partial charge in [0.15, 0.2) is 9.84 Å². The van der Waals surface area contributed by atoms with Crippen LogP contribution in [0.15, 0.2) is 57.2 Å². The summed E-state index contributed by atoms with van der Waals surface area (Å²) >= 11 is 0.483. The van der Waals surface area contributed by atoms with Gasteiger partial charge in [-0.3, -0.25) is 14.9 Å². The molecule has 0 spiro atoms. The lowest BCUT2D eigenvalue weighted by Crippen LogP contribution is -2.14. The van der Waals surface area contributed by atoms with Crippen LogP contribution >= 0.6 is 23.5 Å². The third kappa shape index (κ3) is 7.25. The van der Waals surface area contributed by atoms with Crippen LogP contribution in [0.5, 0.6) is 0 Å². The van der Waals surface area contributed by atoms with Crippen molar-refractivity contribution < 1.29 is 31.3 Å². The Morgan fingerprint density at radius 2 is 1.90 bits per heavy atom. The second kappa shape index (κ2) is 9.05. The van der Waals surface area contributed by atoms with Crippen molar-refractivity contribution in [3.05, 3.63) is 52.6 Å². The minimum atomic E-state index is -4.46. The van der Waals surface area contributed by atoms with E-state index in [4.69, 9.17) is 0 Å². The van der Waals surface area contributed by atoms with E-state index in [2.05, 4.69) is 5.32 Å². The molecular weight excluding hydrogens is 453 g/mol. The molecule has 2 aromatic carbocycles. The van der Waals surface area contributed by atoms with E-state index in [1.54, 1.807) is 0 Å². The molecule has 2 rings (SSSR count). The Morgan fingerprint density at radius 3 is 2.48 bits per heavy atom. The van der Waals surface area contributed by atoms with Crippen LogP contribution in [0.1, 0.15) is 0 Å². The van der Waals surface area contributed by atoms with Gasteiger partial charge < -0.3 is 5.32 Å². The molecule has 0 heterocycles. The summed E-state index contributed by atoms with van der Waals surface area (Å²) in [4.78, 5) is 22.3. The number of thioether (sulfide) groups is 2. The van der Waals surface area contributed by atoms with Gasteiger partial charge in [0.05, 0.1) is 20.5 Å². The highest BCUT2D eigenvalue weighted by Gasteiger charge is 2.29. The highest BCUT2D eigenvalue weighted by Crippen LogP contribution is 2.37. The molecule has 1 N–H and O–H groups in total. The first-order chi connectivity index (χ1) is 13.3. The van der Waals surface area contributed by atoms with Gasteiger partial charge in [-0.2, -0.15) is 13.2 Å². The number of halogens is 3. The number of nitrogens with one attached hydrogen (secondary N) is 1. The van der Waals surface area contributed by atoms with E-state index in [0.717, 1.165) is 30.2 Å². The number of carbonyl (C=O) groups excluding carboxylic acids is 1. The Hall–Kier alpha value is -2.25. The van der Waals surface area contributed by atoms with E-state index in [-0.39, 0.29) is 37.9 Å². The first-order valence-electron chi connectivity index (χ1n) is 7.62. The Kier molecular flexibility index (Phi) is 7.19. The van der Waals surface area contributed by atoms with Crippen molar-refractivity contribution in [2.24, 2.45) is 0 Å². The van der Waals surface area contributed by atoms with Crippen LogP contribution in [0, 0.1) is 10.1 Å². The number of amides is 1. The summed E-state index contributed by atoms with van der Waals surface area (Å²) in [7, 11) is -3.64. The number of carbonyl (C=O) groups is 1. The van der Waals surface area contributed by atoms with Gasteiger partial charge in [-0.15, -0.1) is 11.8 Å². The summed E-state index contributed by atoms with van der Waals surface area (Å²) in [6.07, 6.45) is 0.914. The van der Waals surface area contributed by atoms with Crippen molar-refractivity contribution in [1.82, 2.24) is 0 Å². The molecule has 0 aliphatic heterocycles. The number of nitro benzene ring substituents is 1. The number of nitro groups is 1. The van der Waals surface area contributed by atoms with Crippen molar-refractivity contribution >= 4 is 50.6 Å². The van der Waals surface area contributed by atoms with E-state index in [0.29, 0.717) is 0 Å². The zero-order valence-electron chi connectivity index (χ0n) is 14.6. The van der Waals surface area contributed by atoms with Crippen LogP contribution in [-0.2, 0) is 14.6 Å². The molecule has 2 aromatic rings. The number of rotatable bonds is 7. The van der Waals surface area contributed by atoms with Gasteiger partial charge in [0.25, 0.3) is 5.69 Å². The minimum absolute atomic E-state index is 0.0823. The molecule has 0 aliphatic carbocycles. The molecule has 0 saturated carbocycles. The molecule has 0 aromatic heterocycles. The van der Waals surface area contributed by atoms with Crippen LogP contribution in [0.4, 0.5) is 24.5 Å². The van der Waals surface area contributed by atoms with Gasteiger partial charge in [0.1, 0.15) is 0 Å². The van der Waals surface area contributed by atoms with Crippen molar-refractivity contribution in [3.8, 4) is 0 Å². The average Bonchev–Trinajstić information content (AvgIpc) is 2.57. The third-order valence-corrected chi connectivity index (χ3v) is 6.16. The average molecular weight is 466 g/mol. The Labute approximate surface area is 172 Å². The van der Waals surface area contributed by atoms with Crippen molar-refractivity contribution in [1.29, 1.82) is 0 Å². The van der Waals surface area contributed by atoms with E-state index in [1.807, 2.05) is 0 Å². The molecule has 1 amide bonds. The fraction of sp³-hybridized carbons (Fsp3) is 0.188. The predicted octanol–water partition coefficient (Wildman–Crippen LogP) is 4.34. The Bertz CT molecular complexity index is 1040. The third-order valence-electron chi connectivity index (χ3n) is 3.27. The predicted molar refractivity (Wildman–Crippen MR) is 104 cm³/mol. The van der Waals surface area contributed by atoms with Crippen molar-refractivity contribution in [3.63, 3.8) is 0 Å². The molecule has 0 fully saturated rings. The lowest BCUT2D eigenvalue weighted by Gasteiger charge is -2.09. The Morgan fingerprint density at radius 1 is 1.21 bits per heavy atom. The molecule has 0 atom stereocenters. The number of nitrogens with zero attached hydrogens (tertiary/aromatic N) is 1. The van der Waals surface area contributed by atoms with E-state index in [1.165, 1.54) is 30.3 Å². The SMILES string of the molecule is CS(=O)(=O)c1ccc(SCC(=O)Nc2cccc(SC(F)(F)F)c2)c([N+](=O)[O-])c1. The first kappa shape index (κ1) is 23.0. The van der Waals surface area contributed by atoms with E-state index in [9.17, 15) is 36.5 Å². The second-order valence-corrected chi connectivity index (χ2v) is 9.74. The van der Waals surface area contributed by atoms with E-state index >= 15 is 0 Å². The molecular formula is C16H13F3N2O5S3. The first-order valence-corrected chi connectivity index (χ1v) is 11.3. The normalized spacial score (nSPS) is 11.9. The molecule has 0 aliphatic rings. The summed E-state index contributed by atoms with van der Waals surface area (Å²) in [5, 5.41) is 13.6. The van der Waals surface area contributed by atoms with Crippen LogP contribution < -0.4 is 5.32 Å². The van der Waals surface area contributed by atoms with Gasteiger partial charge >= 0.3 is 5.51 Å². The molecule has 13 heteroatoms. The topological polar surface area (TPSA) is 106 Å². The molecule has 0 radical (unpaired) electrons. The summed E-state index contributed by atoms with van der Waals surface area (Å²) < 4.78 is 60.4. The van der Waals surface area contributed by atoms with Gasteiger partial charge in [-0.05, 0) is 42.1 Å². The standard InChI is InChI=1S/C16H13F3N2O5S3/c1-29(25,26)12-5-6-14(13(8-12)21(23)24)27-9-15(22)20-10-3-2-4-11(7-10)28-16(17,18)19/h2-8H,9H2,1H3,(H,20,22). The number of hydrogen-bond donors (Lipinski definition) is 1. The fourth-order valence-corrected chi connectivity index (χ4v) is 4.15. The number of anilines is 1. The molecule has 0 bridgehead atoms. The number of benzene rings is 2. The maximum atomic E-state index is 12.4. The van der Waals surface area contributed by atoms with Crippen LogP contribution in [0.25, 0.3) is 0 Å². The maximum Gasteiger partial charge on any atom is 0.446 e. The zero-order valence-corrected chi connectivity index (χ0v) is 17.0. The fourth-order valence-electron chi connectivity index (χ4n) is 2.10.